The minimum atomic E-state index is -0.827. The lowest BCUT2D eigenvalue weighted by molar-refractivity contribution is -0.147. The van der Waals surface area contributed by atoms with Crippen molar-refractivity contribution in [2.45, 2.75) is 38.1 Å². The first kappa shape index (κ1) is 16.3. The van der Waals surface area contributed by atoms with E-state index in [1.807, 2.05) is 12.1 Å². The summed E-state index contributed by atoms with van der Waals surface area (Å²) in [6, 6.07) is 8.37. The Hall–Kier alpha value is -1.56. The van der Waals surface area contributed by atoms with Gasteiger partial charge in [-0.1, -0.05) is 28.1 Å². The van der Waals surface area contributed by atoms with Crippen LogP contribution in [0.1, 0.15) is 37.7 Å². The van der Waals surface area contributed by atoms with Gasteiger partial charge in [0.2, 0.25) is 0 Å². The van der Waals surface area contributed by atoms with Crippen LogP contribution in [-0.2, 0) is 4.79 Å². The molecule has 1 saturated carbocycles. The van der Waals surface area contributed by atoms with Crippen molar-refractivity contribution in [3.05, 3.63) is 34.3 Å². The topological polar surface area (TPSA) is 69.6 Å². The fraction of sp³-hybridized carbons (Fsp3) is 0.529. The first-order valence-corrected chi connectivity index (χ1v) is 8.71. The molecular weight excluding hydrogens is 360 g/mol. The molecule has 1 aromatic rings. The third-order valence-corrected chi connectivity index (χ3v) is 5.61. The number of carbonyl (C=O) groups excluding carboxylic acids is 1. The molecule has 5 nitrogen and oxygen atoms in total. The van der Waals surface area contributed by atoms with Gasteiger partial charge in [0.05, 0.1) is 5.41 Å². The second-order valence-electron chi connectivity index (χ2n) is 6.90. The van der Waals surface area contributed by atoms with E-state index in [9.17, 15) is 14.7 Å². The van der Waals surface area contributed by atoms with Crippen LogP contribution in [0.25, 0.3) is 0 Å². The van der Waals surface area contributed by atoms with E-state index in [2.05, 4.69) is 33.4 Å². The lowest BCUT2D eigenvalue weighted by atomic mass is 9.76. The highest BCUT2D eigenvalue weighted by molar-refractivity contribution is 9.10. The summed E-state index contributed by atoms with van der Waals surface area (Å²) < 4.78 is 1.07. The number of amides is 2. The molecule has 23 heavy (non-hydrogen) atoms. The number of nitrogens with zero attached hydrogens (tertiary/aromatic N) is 1. The number of carboxylic acid groups (broad SMARTS) is 1. The molecule has 2 fully saturated rings. The summed E-state index contributed by atoms with van der Waals surface area (Å²) in [5, 5.41) is 12.3. The normalized spacial score (nSPS) is 29.9. The first-order valence-electron chi connectivity index (χ1n) is 7.92. The molecule has 1 heterocycles. The van der Waals surface area contributed by atoms with Crippen molar-refractivity contribution in [2.75, 3.05) is 13.1 Å². The molecule has 0 radical (unpaired) electrons. The maximum atomic E-state index is 12.3. The molecule has 3 rings (SSSR count). The zero-order chi connectivity index (χ0) is 16.6. The van der Waals surface area contributed by atoms with Gasteiger partial charge in [-0.3, -0.25) is 4.79 Å². The van der Waals surface area contributed by atoms with Crippen LogP contribution in [0.15, 0.2) is 28.7 Å². The van der Waals surface area contributed by atoms with E-state index >= 15 is 0 Å². The highest BCUT2D eigenvalue weighted by atomic mass is 79.9. The van der Waals surface area contributed by atoms with Gasteiger partial charge < -0.3 is 15.3 Å². The van der Waals surface area contributed by atoms with E-state index in [4.69, 9.17) is 0 Å². The van der Waals surface area contributed by atoms with Crippen molar-refractivity contribution in [2.24, 2.45) is 5.41 Å². The molecular formula is C17H21BrN2O3. The van der Waals surface area contributed by atoms with Crippen molar-refractivity contribution < 1.29 is 14.7 Å². The molecule has 2 amide bonds. The Labute approximate surface area is 144 Å². The molecule has 1 saturated heterocycles. The molecule has 124 valence electrons. The van der Waals surface area contributed by atoms with E-state index in [1.165, 1.54) is 5.56 Å². The molecule has 0 spiro atoms. The number of rotatable bonds is 3. The van der Waals surface area contributed by atoms with E-state index in [0.29, 0.717) is 18.9 Å². The summed E-state index contributed by atoms with van der Waals surface area (Å²) >= 11 is 3.43. The second-order valence-corrected chi connectivity index (χ2v) is 7.82. The number of benzene rings is 1. The number of carbonyl (C=O) groups is 2. The number of hydrogen-bond acceptors (Lipinski definition) is 2. The maximum absolute atomic E-state index is 12.3. The number of aliphatic carboxylic acids is 1. The number of carboxylic acids is 1. The third-order valence-electron chi connectivity index (χ3n) is 5.08. The van der Waals surface area contributed by atoms with Gasteiger partial charge in [-0.15, -0.1) is 0 Å². The van der Waals surface area contributed by atoms with Gasteiger partial charge in [-0.2, -0.15) is 0 Å². The predicted molar refractivity (Wildman–Crippen MR) is 90.4 cm³/mol. The molecule has 0 aromatic heterocycles. The Morgan fingerprint density at radius 3 is 2.52 bits per heavy atom. The monoisotopic (exact) mass is 380 g/mol. The quantitative estimate of drug-likeness (QED) is 0.845. The smallest absolute Gasteiger partial charge is 0.317 e. The molecule has 1 aliphatic carbocycles. The maximum Gasteiger partial charge on any atom is 0.317 e. The van der Waals surface area contributed by atoms with Crippen LogP contribution in [0.2, 0.25) is 0 Å². The summed E-state index contributed by atoms with van der Waals surface area (Å²) in [4.78, 5) is 25.1. The lowest BCUT2D eigenvalue weighted by Crippen LogP contribution is -2.49. The Balaban J connectivity index is 1.48. The predicted octanol–water partition coefficient (Wildman–Crippen LogP) is 3.20. The van der Waals surface area contributed by atoms with Crippen LogP contribution >= 0.6 is 15.9 Å². The number of urea groups is 1. The van der Waals surface area contributed by atoms with Gasteiger partial charge in [0, 0.05) is 23.6 Å². The molecule has 2 aliphatic rings. The zero-order valence-corrected chi connectivity index (χ0v) is 14.7. The molecule has 1 unspecified atom stereocenters. The van der Waals surface area contributed by atoms with Gasteiger partial charge in [-0.25, -0.2) is 4.79 Å². The van der Waals surface area contributed by atoms with Crippen molar-refractivity contribution in [3.8, 4) is 0 Å². The first-order chi connectivity index (χ1) is 10.9. The summed E-state index contributed by atoms with van der Waals surface area (Å²) in [5.41, 5.74) is 0.495. The molecule has 0 bridgehead atoms. The Bertz CT molecular complexity index is 613. The Kier molecular flexibility index (Phi) is 4.36. The standard InChI is InChI=1S/C17H21BrN2O3/c1-17(15(21)22)6-7-20(10-17)16(23)19-14-8-12(9-14)11-2-4-13(18)5-3-11/h2-5,12,14H,6-10H2,1H3,(H,19,23)(H,21,22). The third kappa shape index (κ3) is 3.37. The summed E-state index contributed by atoms with van der Waals surface area (Å²) in [5.74, 6) is -0.331. The number of hydrogen-bond donors (Lipinski definition) is 2. The van der Waals surface area contributed by atoms with Crippen LogP contribution in [-0.4, -0.2) is 41.1 Å². The molecule has 6 heteroatoms. The number of likely N-dealkylation sites (tertiary alicyclic amines) is 1. The SMILES string of the molecule is CC1(C(=O)O)CCN(C(=O)NC2CC(c3ccc(Br)cc3)C2)C1. The number of halogens is 1. The summed E-state index contributed by atoms with van der Waals surface area (Å²) in [7, 11) is 0. The molecule has 1 aromatic carbocycles. The Morgan fingerprint density at radius 1 is 1.30 bits per heavy atom. The second kappa shape index (κ2) is 6.15. The van der Waals surface area contributed by atoms with Gasteiger partial charge in [0.15, 0.2) is 0 Å². The van der Waals surface area contributed by atoms with Crippen LogP contribution in [0.4, 0.5) is 4.79 Å². The highest BCUT2D eigenvalue weighted by Crippen LogP contribution is 2.37. The molecule has 2 N–H and O–H groups in total. The van der Waals surface area contributed by atoms with Crippen LogP contribution in [0.5, 0.6) is 0 Å². The van der Waals surface area contributed by atoms with Gasteiger partial charge in [0.1, 0.15) is 0 Å². The van der Waals surface area contributed by atoms with Crippen LogP contribution < -0.4 is 5.32 Å². The fourth-order valence-corrected chi connectivity index (χ4v) is 3.58. The van der Waals surface area contributed by atoms with Gasteiger partial charge >= 0.3 is 12.0 Å². The highest BCUT2D eigenvalue weighted by Gasteiger charge is 2.43. The van der Waals surface area contributed by atoms with Crippen molar-refractivity contribution in [1.29, 1.82) is 0 Å². The average molecular weight is 381 g/mol. The van der Waals surface area contributed by atoms with E-state index in [0.717, 1.165) is 17.3 Å². The summed E-state index contributed by atoms with van der Waals surface area (Å²) in [6.45, 7) is 2.50. The van der Waals surface area contributed by atoms with E-state index < -0.39 is 11.4 Å². The zero-order valence-electron chi connectivity index (χ0n) is 13.1. The lowest BCUT2D eigenvalue weighted by Gasteiger charge is -2.37. The van der Waals surface area contributed by atoms with Crippen molar-refractivity contribution >= 4 is 27.9 Å². The van der Waals surface area contributed by atoms with Crippen molar-refractivity contribution in [1.82, 2.24) is 10.2 Å². The minimum Gasteiger partial charge on any atom is -0.481 e. The Morgan fingerprint density at radius 2 is 1.96 bits per heavy atom. The van der Waals surface area contributed by atoms with Gasteiger partial charge in [-0.05, 0) is 49.8 Å². The minimum absolute atomic E-state index is 0.130. The molecule has 1 atom stereocenters. The van der Waals surface area contributed by atoms with E-state index in [-0.39, 0.29) is 18.6 Å². The summed E-state index contributed by atoms with van der Waals surface area (Å²) in [6.07, 6.45) is 2.40. The van der Waals surface area contributed by atoms with Crippen LogP contribution in [0.3, 0.4) is 0 Å². The average Bonchev–Trinajstić information content (AvgIpc) is 2.88. The van der Waals surface area contributed by atoms with Crippen LogP contribution in [0, 0.1) is 5.41 Å². The molecule has 1 aliphatic heterocycles. The van der Waals surface area contributed by atoms with Crippen molar-refractivity contribution in [3.63, 3.8) is 0 Å². The fourth-order valence-electron chi connectivity index (χ4n) is 3.32. The van der Waals surface area contributed by atoms with Gasteiger partial charge in [0.25, 0.3) is 0 Å². The van der Waals surface area contributed by atoms with E-state index in [1.54, 1.807) is 11.8 Å². The number of nitrogens with one attached hydrogen (secondary N) is 1. The largest absolute Gasteiger partial charge is 0.481 e.